The van der Waals surface area contributed by atoms with Gasteiger partial charge < -0.3 is 9.15 Å². The van der Waals surface area contributed by atoms with Crippen molar-refractivity contribution in [3.05, 3.63) is 68.1 Å². The van der Waals surface area contributed by atoms with E-state index in [1.54, 1.807) is 24.3 Å². The van der Waals surface area contributed by atoms with Crippen LogP contribution in [0.1, 0.15) is 27.1 Å². The summed E-state index contributed by atoms with van der Waals surface area (Å²) in [6.45, 7) is -0.241. The van der Waals surface area contributed by atoms with Crippen molar-refractivity contribution in [1.82, 2.24) is 9.47 Å². The van der Waals surface area contributed by atoms with E-state index in [0.717, 1.165) is 4.90 Å². The fourth-order valence-corrected chi connectivity index (χ4v) is 3.56. The highest BCUT2D eigenvalue weighted by atomic mass is 35.5. The molecule has 0 unspecified atom stereocenters. The number of hydrogen-bond donors (Lipinski definition) is 0. The number of nitrogens with zero attached hydrogens (tertiary/aromatic N) is 2. The Kier molecular flexibility index (Phi) is 5.36. The van der Waals surface area contributed by atoms with Crippen LogP contribution in [-0.4, -0.2) is 40.4 Å². The summed E-state index contributed by atoms with van der Waals surface area (Å²) >= 11 is 11.8. The molecular formula is C20H14Cl2N2O6. The van der Waals surface area contributed by atoms with Crippen LogP contribution in [-0.2, 0) is 16.1 Å². The average molecular weight is 449 g/mol. The zero-order chi connectivity index (χ0) is 21.4. The van der Waals surface area contributed by atoms with E-state index in [1.165, 1.54) is 16.7 Å². The van der Waals surface area contributed by atoms with E-state index in [0.29, 0.717) is 17.5 Å². The summed E-state index contributed by atoms with van der Waals surface area (Å²) in [5, 5.41) is 0.283. The van der Waals surface area contributed by atoms with Crippen LogP contribution >= 0.6 is 23.2 Å². The third-order valence-electron chi connectivity index (χ3n) is 4.66. The van der Waals surface area contributed by atoms with Crippen molar-refractivity contribution < 1.29 is 23.5 Å². The first-order valence-electron chi connectivity index (χ1n) is 8.96. The fourth-order valence-electron chi connectivity index (χ4n) is 3.24. The zero-order valence-electron chi connectivity index (χ0n) is 15.4. The van der Waals surface area contributed by atoms with Crippen molar-refractivity contribution in [2.45, 2.75) is 13.0 Å². The van der Waals surface area contributed by atoms with Crippen molar-refractivity contribution in [1.29, 1.82) is 0 Å². The van der Waals surface area contributed by atoms with Gasteiger partial charge >= 0.3 is 11.7 Å². The summed E-state index contributed by atoms with van der Waals surface area (Å²) in [5.74, 6) is -2.51. The zero-order valence-corrected chi connectivity index (χ0v) is 16.9. The second-order valence-electron chi connectivity index (χ2n) is 6.57. The summed E-state index contributed by atoms with van der Waals surface area (Å²) in [5.41, 5.74) is 1.31. The SMILES string of the molecule is O=C(CN1C(=O)c2cc(Cl)c(Cl)cc2C1=O)OCCCn1c(=O)oc2ccccc21. The fraction of sp³-hybridized carbons (Fsp3) is 0.200. The number of benzene rings is 2. The molecule has 154 valence electrons. The van der Waals surface area contributed by atoms with Crippen molar-refractivity contribution >= 4 is 52.1 Å². The average Bonchev–Trinajstić information content (AvgIpc) is 3.15. The predicted octanol–water partition coefficient (Wildman–Crippen LogP) is 3.13. The largest absolute Gasteiger partial charge is 0.464 e. The first kappa shape index (κ1) is 20.2. The second-order valence-corrected chi connectivity index (χ2v) is 7.38. The number of para-hydroxylation sites is 2. The number of esters is 1. The number of hydrogen-bond acceptors (Lipinski definition) is 6. The minimum absolute atomic E-state index is 0.00556. The van der Waals surface area contributed by atoms with Crippen LogP contribution in [0.25, 0.3) is 11.1 Å². The van der Waals surface area contributed by atoms with Crippen molar-refractivity contribution in [3.8, 4) is 0 Å². The molecule has 1 aromatic heterocycles. The Hall–Kier alpha value is -3.10. The maximum atomic E-state index is 12.4. The Bertz CT molecular complexity index is 1200. The van der Waals surface area contributed by atoms with Gasteiger partial charge in [-0.25, -0.2) is 4.79 Å². The van der Waals surface area contributed by atoms with Crippen molar-refractivity contribution in [2.24, 2.45) is 0 Å². The number of carbonyl (C=O) groups excluding carboxylic acids is 3. The minimum Gasteiger partial charge on any atom is -0.464 e. The molecule has 0 N–H and O–H groups in total. The van der Waals surface area contributed by atoms with Gasteiger partial charge in [0.05, 0.1) is 33.3 Å². The lowest BCUT2D eigenvalue weighted by Crippen LogP contribution is -2.35. The molecule has 0 radical (unpaired) electrons. The van der Waals surface area contributed by atoms with Crippen molar-refractivity contribution in [2.75, 3.05) is 13.2 Å². The van der Waals surface area contributed by atoms with E-state index >= 15 is 0 Å². The molecule has 0 spiro atoms. The van der Waals surface area contributed by atoms with Gasteiger partial charge in [-0.2, -0.15) is 0 Å². The maximum Gasteiger partial charge on any atom is 0.419 e. The number of aryl methyl sites for hydroxylation is 1. The molecule has 0 atom stereocenters. The maximum absolute atomic E-state index is 12.4. The lowest BCUT2D eigenvalue weighted by molar-refractivity contribution is -0.144. The second kappa shape index (κ2) is 7.97. The van der Waals surface area contributed by atoms with Crippen LogP contribution in [0, 0.1) is 0 Å². The van der Waals surface area contributed by atoms with E-state index < -0.39 is 30.1 Å². The molecule has 2 heterocycles. The van der Waals surface area contributed by atoms with Crippen LogP contribution in [0.4, 0.5) is 0 Å². The summed E-state index contributed by atoms with van der Waals surface area (Å²) in [6.07, 6.45) is 0.350. The van der Waals surface area contributed by atoms with E-state index in [1.807, 2.05) is 0 Å². The number of carbonyl (C=O) groups is 3. The number of halogens is 2. The Morgan fingerprint density at radius 1 is 1.00 bits per heavy atom. The van der Waals surface area contributed by atoms with Gasteiger partial charge in [-0.3, -0.25) is 23.9 Å². The third-order valence-corrected chi connectivity index (χ3v) is 5.38. The Labute approximate surface area is 179 Å². The Balaban J connectivity index is 1.33. The molecule has 8 nitrogen and oxygen atoms in total. The van der Waals surface area contributed by atoms with Crippen molar-refractivity contribution in [3.63, 3.8) is 0 Å². The highest BCUT2D eigenvalue weighted by Crippen LogP contribution is 2.31. The molecule has 10 heteroatoms. The number of ether oxygens (including phenoxy) is 1. The summed E-state index contributed by atoms with van der Waals surface area (Å²) in [7, 11) is 0. The molecular weight excluding hydrogens is 435 g/mol. The molecule has 4 rings (SSSR count). The van der Waals surface area contributed by atoms with E-state index in [-0.39, 0.29) is 34.3 Å². The molecule has 1 aliphatic rings. The van der Waals surface area contributed by atoms with Gasteiger partial charge in [-0.15, -0.1) is 0 Å². The van der Waals surface area contributed by atoms with E-state index in [2.05, 4.69) is 0 Å². The normalized spacial score (nSPS) is 13.2. The monoisotopic (exact) mass is 448 g/mol. The van der Waals surface area contributed by atoms with Gasteiger partial charge in [-0.05, 0) is 30.7 Å². The molecule has 2 amide bonds. The van der Waals surface area contributed by atoms with Gasteiger partial charge in [-0.1, -0.05) is 35.3 Å². The summed E-state index contributed by atoms with van der Waals surface area (Å²) in [6, 6.07) is 9.60. The first-order chi connectivity index (χ1) is 14.4. The Morgan fingerprint density at radius 3 is 2.30 bits per heavy atom. The number of imide groups is 1. The van der Waals surface area contributed by atoms with Crippen LogP contribution in [0.3, 0.4) is 0 Å². The topological polar surface area (TPSA) is 98.8 Å². The molecule has 2 aromatic carbocycles. The molecule has 3 aromatic rings. The molecule has 0 saturated heterocycles. The molecule has 1 aliphatic heterocycles. The molecule has 0 aliphatic carbocycles. The van der Waals surface area contributed by atoms with Crippen LogP contribution in [0.15, 0.2) is 45.6 Å². The third kappa shape index (κ3) is 3.59. The van der Waals surface area contributed by atoms with Gasteiger partial charge in [0.2, 0.25) is 0 Å². The molecule has 0 saturated carbocycles. The number of amides is 2. The quantitative estimate of drug-likeness (QED) is 0.326. The van der Waals surface area contributed by atoms with Gasteiger partial charge in [0.1, 0.15) is 6.54 Å². The van der Waals surface area contributed by atoms with Gasteiger partial charge in [0.25, 0.3) is 11.8 Å². The van der Waals surface area contributed by atoms with Gasteiger partial charge in [0, 0.05) is 6.54 Å². The van der Waals surface area contributed by atoms with E-state index in [9.17, 15) is 19.2 Å². The van der Waals surface area contributed by atoms with Gasteiger partial charge in [0.15, 0.2) is 5.58 Å². The minimum atomic E-state index is -0.744. The standard InChI is InChI=1S/C20H14Cl2N2O6/c21-13-8-11-12(9-14(13)22)19(27)24(18(11)26)10-17(25)29-7-3-6-23-15-4-1-2-5-16(15)30-20(23)28/h1-2,4-5,8-9H,3,6-7,10H2. The highest BCUT2D eigenvalue weighted by Gasteiger charge is 2.37. The summed E-state index contributed by atoms with van der Waals surface area (Å²) < 4.78 is 11.7. The van der Waals surface area contributed by atoms with Crippen LogP contribution in [0.2, 0.25) is 10.0 Å². The lowest BCUT2D eigenvalue weighted by atomic mass is 10.1. The molecule has 0 bridgehead atoms. The first-order valence-corrected chi connectivity index (χ1v) is 9.71. The Morgan fingerprint density at radius 2 is 1.63 bits per heavy atom. The summed E-state index contributed by atoms with van der Waals surface area (Å²) in [4.78, 5) is 49.6. The predicted molar refractivity (Wildman–Crippen MR) is 108 cm³/mol. The number of rotatable bonds is 6. The molecule has 0 fully saturated rings. The number of fused-ring (bicyclic) bond motifs is 2. The number of oxazole rings is 1. The van der Waals surface area contributed by atoms with Crippen LogP contribution < -0.4 is 5.76 Å². The van der Waals surface area contributed by atoms with E-state index in [4.69, 9.17) is 32.4 Å². The smallest absolute Gasteiger partial charge is 0.419 e. The number of aromatic nitrogens is 1. The van der Waals surface area contributed by atoms with Crippen LogP contribution in [0.5, 0.6) is 0 Å². The lowest BCUT2D eigenvalue weighted by Gasteiger charge is -2.13. The highest BCUT2D eigenvalue weighted by molar-refractivity contribution is 6.43. The molecule has 30 heavy (non-hydrogen) atoms.